The molecular formula is C19H22N4OS. The second-order valence-corrected chi connectivity index (χ2v) is 6.43. The Morgan fingerprint density at radius 3 is 2.68 bits per heavy atom. The number of nitrogens with zero attached hydrogens (tertiary/aromatic N) is 4. The maximum absolute atomic E-state index is 9.98. The molecule has 0 aliphatic rings. The number of benzene rings is 1. The van der Waals surface area contributed by atoms with Crippen LogP contribution in [-0.4, -0.2) is 24.7 Å². The summed E-state index contributed by atoms with van der Waals surface area (Å²) in [5, 5.41) is 18.6. The highest BCUT2D eigenvalue weighted by molar-refractivity contribution is 7.71. The molecule has 0 fully saturated rings. The van der Waals surface area contributed by atoms with E-state index in [0.29, 0.717) is 4.64 Å². The van der Waals surface area contributed by atoms with Gasteiger partial charge >= 0.3 is 0 Å². The van der Waals surface area contributed by atoms with Crippen molar-refractivity contribution in [2.24, 2.45) is 0 Å². The third kappa shape index (κ3) is 3.96. The monoisotopic (exact) mass is 354 g/mol. The van der Waals surface area contributed by atoms with E-state index in [9.17, 15) is 5.11 Å². The SMILES string of the molecule is CCCCCC(c1cn(-c2ccccc2)nn1)n1cccc(O)c1=S. The van der Waals surface area contributed by atoms with Gasteiger partial charge in [-0.15, -0.1) is 5.10 Å². The summed E-state index contributed by atoms with van der Waals surface area (Å²) in [5.74, 6) is 0.119. The lowest BCUT2D eigenvalue weighted by Gasteiger charge is -2.19. The molecule has 25 heavy (non-hydrogen) atoms. The number of aromatic hydroxyl groups is 1. The van der Waals surface area contributed by atoms with E-state index in [1.807, 2.05) is 47.3 Å². The quantitative estimate of drug-likeness (QED) is 0.495. The zero-order chi connectivity index (χ0) is 17.6. The molecule has 2 heterocycles. The van der Waals surface area contributed by atoms with Crippen LogP contribution in [0.4, 0.5) is 0 Å². The number of unbranched alkanes of at least 4 members (excludes halogenated alkanes) is 2. The first kappa shape index (κ1) is 17.4. The van der Waals surface area contributed by atoms with Crippen LogP contribution in [0.25, 0.3) is 5.69 Å². The smallest absolute Gasteiger partial charge is 0.150 e. The summed E-state index contributed by atoms with van der Waals surface area (Å²) in [4.78, 5) is 0. The van der Waals surface area contributed by atoms with E-state index >= 15 is 0 Å². The Bertz CT molecular complexity index is 872. The molecule has 5 nitrogen and oxygen atoms in total. The fourth-order valence-corrected chi connectivity index (χ4v) is 3.15. The highest BCUT2D eigenvalue weighted by atomic mass is 32.1. The predicted octanol–water partition coefficient (Wildman–Crippen LogP) is 4.67. The highest BCUT2D eigenvalue weighted by Gasteiger charge is 2.18. The van der Waals surface area contributed by atoms with Crippen LogP contribution in [0.15, 0.2) is 54.9 Å². The molecule has 0 radical (unpaired) electrons. The minimum atomic E-state index is -0.0383. The Morgan fingerprint density at radius 2 is 1.92 bits per heavy atom. The summed E-state index contributed by atoms with van der Waals surface area (Å²) < 4.78 is 4.12. The fraction of sp³-hybridized carbons (Fsp3) is 0.316. The van der Waals surface area contributed by atoms with Gasteiger partial charge in [0, 0.05) is 6.20 Å². The van der Waals surface area contributed by atoms with E-state index in [1.54, 1.807) is 16.8 Å². The minimum absolute atomic E-state index is 0.0383. The summed E-state index contributed by atoms with van der Waals surface area (Å²) in [6.07, 6.45) is 8.11. The Morgan fingerprint density at radius 1 is 1.12 bits per heavy atom. The predicted molar refractivity (Wildman–Crippen MR) is 101 cm³/mol. The van der Waals surface area contributed by atoms with Crippen molar-refractivity contribution in [2.45, 2.75) is 38.6 Å². The van der Waals surface area contributed by atoms with Gasteiger partial charge in [-0.3, -0.25) is 0 Å². The average molecular weight is 354 g/mol. The van der Waals surface area contributed by atoms with Crippen molar-refractivity contribution >= 4 is 12.2 Å². The van der Waals surface area contributed by atoms with E-state index in [-0.39, 0.29) is 11.8 Å². The first-order valence-electron chi connectivity index (χ1n) is 8.58. The minimum Gasteiger partial charge on any atom is -0.505 e. The average Bonchev–Trinajstić information content (AvgIpc) is 3.12. The van der Waals surface area contributed by atoms with Gasteiger partial charge in [-0.1, -0.05) is 61.8 Å². The van der Waals surface area contributed by atoms with Gasteiger partial charge in [0.2, 0.25) is 0 Å². The van der Waals surface area contributed by atoms with Crippen molar-refractivity contribution in [3.8, 4) is 11.4 Å². The third-order valence-electron chi connectivity index (χ3n) is 4.24. The summed E-state index contributed by atoms with van der Waals surface area (Å²) in [6.45, 7) is 2.18. The van der Waals surface area contributed by atoms with Crippen molar-refractivity contribution < 1.29 is 5.11 Å². The molecule has 0 saturated heterocycles. The Hall–Kier alpha value is -2.47. The van der Waals surface area contributed by atoms with Gasteiger partial charge in [0.15, 0.2) is 0 Å². The van der Waals surface area contributed by atoms with E-state index in [4.69, 9.17) is 12.2 Å². The van der Waals surface area contributed by atoms with E-state index in [1.165, 1.54) is 0 Å². The summed E-state index contributed by atoms with van der Waals surface area (Å²) in [7, 11) is 0. The van der Waals surface area contributed by atoms with E-state index in [0.717, 1.165) is 37.1 Å². The second kappa shape index (κ2) is 8.07. The number of aromatic nitrogens is 4. The van der Waals surface area contributed by atoms with E-state index < -0.39 is 0 Å². The van der Waals surface area contributed by atoms with Crippen LogP contribution < -0.4 is 0 Å². The summed E-state index contributed by atoms with van der Waals surface area (Å²) in [6, 6.07) is 13.3. The van der Waals surface area contributed by atoms with Crippen LogP contribution >= 0.6 is 12.2 Å². The number of para-hydroxylation sites is 1. The second-order valence-electron chi connectivity index (χ2n) is 6.04. The van der Waals surface area contributed by atoms with Crippen molar-refractivity contribution in [3.63, 3.8) is 0 Å². The molecule has 0 aliphatic heterocycles. The van der Waals surface area contributed by atoms with E-state index in [2.05, 4.69) is 17.2 Å². The van der Waals surface area contributed by atoms with Gasteiger partial charge in [0.25, 0.3) is 0 Å². The van der Waals surface area contributed by atoms with Crippen molar-refractivity contribution in [1.82, 2.24) is 19.6 Å². The third-order valence-corrected chi connectivity index (χ3v) is 4.66. The molecule has 1 unspecified atom stereocenters. The molecule has 0 aliphatic carbocycles. The molecule has 1 N–H and O–H groups in total. The van der Waals surface area contributed by atoms with Crippen LogP contribution in [-0.2, 0) is 0 Å². The first-order chi connectivity index (χ1) is 12.2. The summed E-state index contributed by atoms with van der Waals surface area (Å²) >= 11 is 5.41. The molecule has 0 bridgehead atoms. The number of pyridine rings is 1. The van der Waals surface area contributed by atoms with Crippen LogP contribution in [0, 0.1) is 4.64 Å². The normalized spacial score (nSPS) is 12.2. The highest BCUT2D eigenvalue weighted by Crippen LogP contribution is 2.26. The number of rotatable bonds is 7. The zero-order valence-corrected chi connectivity index (χ0v) is 15.1. The molecule has 6 heteroatoms. The lowest BCUT2D eigenvalue weighted by Crippen LogP contribution is -2.12. The van der Waals surface area contributed by atoms with Gasteiger partial charge in [0.1, 0.15) is 16.1 Å². The van der Waals surface area contributed by atoms with Gasteiger partial charge in [-0.25, -0.2) is 4.68 Å². The lowest BCUT2D eigenvalue weighted by atomic mass is 10.1. The molecule has 2 aromatic heterocycles. The van der Waals surface area contributed by atoms with Crippen LogP contribution in [0.3, 0.4) is 0 Å². The molecular weight excluding hydrogens is 332 g/mol. The molecule has 3 aromatic rings. The molecule has 0 spiro atoms. The lowest BCUT2D eigenvalue weighted by molar-refractivity contribution is 0.441. The Balaban J connectivity index is 1.96. The largest absolute Gasteiger partial charge is 0.505 e. The summed E-state index contributed by atoms with van der Waals surface area (Å²) in [5.41, 5.74) is 1.81. The van der Waals surface area contributed by atoms with Crippen molar-refractivity contribution in [1.29, 1.82) is 0 Å². The number of hydrogen-bond acceptors (Lipinski definition) is 4. The molecule has 1 aromatic carbocycles. The maximum atomic E-state index is 9.98. The number of hydrogen-bond donors (Lipinski definition) is 1. The fourth-order valence-electron chi connectivity index (χ4n) is 2.90. The molecule has 0 amide bonds. The first-order valence-corrected chi connectivity index (χ1v) is 8.99. The maximum Gasteiger partial charge on any atom is 0.150 e. The van der Waals surface area contributed by atoms with Crippen LogP contribution in [0.1, 0.15) is 44.3 Å². The molecule has 0 saturated carbocycles. The topological polar surface area (TPSA) is 55.9 Å². The molecule has 3 rings (SSSR count). The van der Waals surface area contributed by atoms with Gasteiger partial charge in [0.05, 0.1) is 17.9 Å². The standard InChI is InChI=1S/C19H22N4OS/c1-2-3-5-11-17(22-13-8-12-18(24)19(22)25)16-14-23(21-20-16)15-9-6-4-7-10-15/h4,6-10,12-14,17,24H,2-3,5,11H2,1H3. The molecule has 1 atom stereocenters. The van der Waals surface area contributed by atoms with Crippen molar-refractivity contribution in [3.05, 3.63) is 65.2 Å². The zero-order valence-electron chi connectivity index (χ0n) is 14.2. The van der Waals surface area contributed by atoms with Gasteiger partial charge in [-0.2, -0.15) is 0 Å². The Kier molecular flexibility index (Phi) is 5.60. The van der Waals surface area contributed by atoms with Crippen LogP contribution in [0.2, 0.25) is 0 Å². The Labute approximate surface area is 152 Å². The van der Waals surface area contributed by atoms with Crippen LogP contribution in [0.5, 0.6) is 5.75 Å². The molecule has 130 valence electrons. The van der Waals surface area contributed by atoms with Gasteiger partial charge in [-0.05, 0) is 30.7 Å². The van der Waals surface area contributed by atoms with Gasteiger partial charge < -0.3 is 9.67 Å². The van der Waals surface area contributed by atoms with Crippen molar-refractivity contribution in [2.75, 3.05) is 0 Å².